The third-order valence-electron chi connectivity index (χ3n) is 1.18. The molecule has 4 heteroatoms. The van der Waals surface area contributed by atoms with Gasteiger partial charge in [0.1, 0.15) is 0 Å². The molecule has 0 aliphatic carbocycles. The predicted molar refractivity (Wildman–Crippen MR) is 43.4 cm³/mol. The quantitative estimate of drug-likeness (QED) is 0.580. The highest BCUT2D eigenvalue weighted by Crippen LogP contribution is 2.27. The molecule has 0 amide bonds. The van der Waals surface area contributed by atoms with E-state index in [2.05, 4.69) is 5.73 Å². The second-order valence-electron chi connectivity index (χ2n) is 1.97. The Morgan fingerprint density at radius 2 is 1.70 bits per heavy atom. The molecule has 0 spiro atoms. The van der Waals surface area contributed by atoms with Crippen LogP contribution in [0.4, 0.5) is 11.4 Å². The lowest BCUT2D eigenvalue weighted by Crippen LogP contribution is -2.41. The van der Waals surface area contributed by atoms with Gasteiger partial charge in [0.05, 0.1) is 15.7 Å². The van der Waals surface area contributed by atoms with E-state index < -0.39 is 0 Å². The topological polar surface area (TPSA) is 53.7 Å². The Morgan fingerprint density at radius 1 is 1.20 bits per heavy atom. The summed E-state index contributed by atoms with van der Waals surface area (Å²) < 4.78 is 0. The highest BCUT2D eigenvalue weighted by molar-refractivity contribution is 6.42. The van der Waals surface area contributed by atoms with Gasteiger partial charge in [0.25, 0.3) is 0 Å². The fraction of sp³-hybridized carbons (Fsp3) is 0. The van der Waals surface area contributed by atoms with Crippen LogP contribution in [0, 0.1) is 0 Å². The Kier molecular flexibility index (Phi) is 2.04. The Balaban J connectivity index is 3.28. The van der Waals surface area contributed by atoms with Crippen LogP contribution in [0.1, 0.15) is 0 Å². The minimum Gasteiger partial charge on any atom is -0.394 e. The molecule has 0 bridgehead atoms. The molecule has 10 heavy (non-hydrogen) atoms. The molecule has 54 valence electrons. The molecular formula is C6H7Cl2N2+. The molecule has 1 rings (SSSR count). The Bertz CT molecular complexity index is 210. The van der Waals surface area contributed by atoms with Crippen LogP contribution in [-0.2, 0) is 0 Å². The first-order valence-corrected chi connectivity index (χ1v) is 3.43. The van der Waals surface area contributed by atoms with Crippen LogP contribution < -0.4 is 11.5 Å². The number of anilines is 1. The van der Waals surface area contributed by atoms with Crippen molar-refractivity contribution < 1.29 is 5.73 Å². The summed E-state index contributed by atoms with van der Waals surface area (Å²) in [6.45, 7) is 0. The van der Waals surface area contributed by atoms with Crippen LogP contribution in [0.15, 0.2) is 12.1 Å². The summed E-state index contributed by atoms with van der Waals surface area (Å²) in [5.41, 5.74) is 10.4. The average molecular weight is 178 g/mol. The van der Waals surface area contributed by atoms with E-state index in [1.54, 1.807) is 12.1 Å². The molecule has 0 aromatic heterocycles. The van der Waals surface area contributed by atoms with Gasteiger partial charge in [-0.15, -0.1) is 0 Å². The minimum absolute atomic E-state index is 0.464. The molecule has 0 fully saturated rings. The number of rotatable bonds is 0. The van der Waals surface area contributed by atoms with Crippen LogP contribution in [0.25, 0.3) is 0 Å². The number of quaternary nitrogens is 1. The first-order chi connectivity index (χ1) is 4.61. The molecule has 2 nitrogen and oxygen atoms in total. The normalized spacial score (nSPS) is 9.90. The van der Waals surface area contributed by atoms with Crippen molar-refractivity contribution in [3.05, 3.63) is 22.2 Å². The summed E-state index contributed by atoms with van der Waals surface area (Å²) in [4.78, 5) is 0. The molecule has 1 aromatic rings. The molecule has 0 aliphatic heterocycles. The van der Waals surface area contributed by atoms with E-state index in [0.717, 1.165) is 0 Å². The van der Waals surface area contributed by atoms with Crippen molar-refractivity contribution in [1.82, 2.24) is 0 Å². The lowest BCUT2D eigenvalue weighted by molar-refractivity contribution is -0.253. The average Bonchev–Trinajstić information content (AvgIpc) is 1.84. The third-order valence-corrected chi connectivity index (χ3v) is 1.90. The van der Waals surface area contributed by atoms with E-state index >= 15 is 0 Å². The number of nitrogens with two attached hydrogens (primary N) is 1. The maximum Gasteiger partial charge on any atom is 0.152 e. The van der Waals surface area contributed by atoms with Gasteiger partial charge < -0.3 is 11.5 Å². The molecular weight excluding hydrogens is 171 g/mol. The Hall–Kier alpha value is -0.440. The van der Waals surface area contributed by atoms with E-state index in [0.29, 0.717) is 21.4 Å². The summed E-state index contributed by atoms with van der Waals surface area (Å²) in [5.74, 6) is 0. The third kappa shape index (κ3) is 1.34. The fourth-order valence-electron chi connectivity index (χ4n) is 0.603. The van der Waals surface area contributed by atoms with Gasteiger partial charge in [0, 0.05) is 6.07 Å². The fourth-order valence-corrected chi connectivity index (χ4v) is 0.962. The molecule has 0 saturated heterocycles. The highest BCUT2D eigenvalue weighted by atomic mass is 35.5. The molecule has 5 N–H and O–H groups in total. The maximum atomic E-state index is 5.66. The maximum absolute atomic E-state index is 5.66. The van der Waals surface area contributed by atoms with E-state index in [-0.39, 0.29) is 0 Å². The number of hydrogen-bond donors (Lipinski definition) is 2. The molecule has 0 saturated carbocycles. The SMILES string of the molecule is Nc1cc(Cl)c(Cl)cc1[NH3+]. The van der Waals surface area contributed by atoms with E-state index in [4.69, 9.17) is 28.9 Å². The van der Waals surface area contributed by atoms with Crippen molar-refractivity contribution in [3.63, 3.8) is 0 Å². The largest absolute Gasteiger partial charge is 0.394 e. The van der Waals surface area contributed by atoms with Gasteiger partial charge in [-0.1, -0.05) is 23.2 Å². The van der Waals surface area contributed by atoms with E-state index in [1.165, 1.54) is 0 Å². The zero-order valence-electron chi connectivity index (χ0n) is 5.20. The molecule has 0 aliphatic rings. The molecule has 0 radical (unpaired) electrons. The zero-order valence-corrected chi connectivity index (χ0v) is 6.71. The molecule has 0 atom stereocenters. The highest BCUT2D eigenvalue weighted by Gasteiger charge is 2.03. The van der Waals surface area contributed by atoms with Crippen molar-refractivity contribution in [1.29, 1.82) is 0 Å². The van der Waals surface area contributed by atoms with Crippen LogP contribution in [0.5, 0.6) is 0 Å². The predicted octanol–water partition coefficient (Wildman–Crippen LogP) is 1.45. The van der Waals surface area contributed by atoms with Gasteiger partial charge in [-0.05, 0) is 6.07 Å². The minimum atomic E-state index is 0.464. The lowest BCUT2D eigenvalue weighted by atomic mass is 10.3. The van der Waals surface area contributed by atoms with E-state index in [1.807, 2.05) is 0 Å². The van der Waals surface area contributed by atoms with E-state index in [9.17, 15) is 0 Å². The van der Waals surface area contributed by atoms with Crippen LogP contribution in [0.3, 0.4) is 0 Å². The number of hydrogen-bond acceptors (Lipinski definition) is 1. The Labute approximate surface area is 68.7 Å². The summed E-state index contributed by atoms with van der Waals surface area (Å²) in [7, 11) is 0. The first-order valence-electron chi connectivity index (χ1n) is 2.67. The van der Waals surface area contributed by atoms with Crippen LogP contribution >= 0.6 is 23.2 Å². The molecule has 0 unspecified atom stereocenters. The first kappa shape index (κ1) is 7.66. The zero-order chi connectivity index (χ0) is 7.72. The second kappa shape index (κ2) is 2.66. The van der Waals surface area contributed by atoms with Crippen molar-refractivity contribution in [2.24, 2.45) is 0 Å². The van der Waals surface area contributed by atoms with Gasteiger partial charge in [0.2, 0.25) is 0 Å². The van der Waals surface area contributed by atoms with Crippen molar-refractivity contribution in [2.75, 3.05) is 5.73 Å². The van der Waals surface area contributed by atoms with Crippen molar-refractivity contribution in [2.45, 2.75) is 0 Å². The summed E-state index contributed by atoms with van der Waals surface area (Å²) in [5, 5.41) is 0.951. The van der Waals surface area contributed by atoms with Crippen LogP contribution in [-0.4, -0.2) is 0 Å². The monoisotopic (exact) mass is 177 g/mol. The van der Waals surface area contributed by atoms with Gasteiger partial charge in [0.15, 0.2) is 5.69 Å². The standard InChI is InChI=1S/C6H6Cl2N2/c7-3-1-5(9)6(10)2-4(3)8/h1-2H,9-10H2/p+1. The second-order valence-corrected chi connectivity index (χ2v) is 2.78. The van der Waals surface area contributed by atoms with Crippen molar-refractivity contribution >= 4 is 34.6 Å². The van der Waals surface area contributed by atoms with Gasteiger partial charge >= 0.3 is 0 Å². The van der Waals surface area contributed by atoms with Crippen molar-refractivity contribution in [3.8, 4) is 0 Å². The lowest BCUT2D eigenvalue weighted by Gasteiger charge is -1.97. The molecule has 1 aromatic carbocycles. The van der Waals surface area contributed by atoms with Gasteiger partial charge in [-0.3, -0.25) is 0 Å². The Morgan fingerprint density at radius 3 is 2.20 bits per heavy atom. The smallest absolute Gasteiger partial charge is 0.152 e. The van der Waals surface area contributed by atoms with Crippen LogP contribution in [0.2, 0.25) is 10.0 Å². The number of halogens is 2. The van der Waals surface area contributed by atoms with Gasteiger partial charge in [-0.25, -0.2) is 0 Å². The van der Waals surface area contributed by atoms with Gasteiger partial charge in [-0.2, -0.15) is 0 Å². The summed E-state index contributed by atoms with van der Waals surface area (Å²) in [6.07, 6.45) is 0. The molecule has 0 heterocycles. The number of nitrogen functional groups attached to an aromatic ring is 1. The summed E-state index contributed by atoms with van der Waals surface area (Å²) in [6, 6.07) is 3.23. The number of benzene rings is 1. The summed E-state index contributed by atoms with van der Waals surface area (Å²) >= 11 is 11.3.